The highest BCUT2D eigenvalue weighted by atomic mass is 16.5. The number of hydrogen-bond acceptors (Lipinski definition) is 3. The molecule has 164 valence electrons. The number of hydrogen-bond donors (Lipinski definition) is 0. The Morgan fingerprint density at radius 3 is 1.28 bits per heavy atom. The van der Waals surface area contributed by atoms with E-state index in [-0.39, 0.29) is 16.2 Å². The van der Waals surface area contributed by atoms with Gasteiger partial charge in [0.05, 0.1) is 37.3 Å². The van der Waals surface area contributed by atoms with Crippen molar-refractivity contribution in [3.8, 4) is 0 Å². The minimum absolute atomic E-state index is 0.120. The van der Waals surface area contributed by atoms with Crippen LogP contribution in [-0.2, 0) is 0 Å². The van der Waals surface area contributed by atoms with Crippen LogP contribution < -0.4 is 0 Å². The van der Waals surface area contributed by atoms with Crippen LogP contribution in [-0.4, -0.2) is 47.5 Å². The Bertz CT molecular complexity index is 558. The van der Waals surface area contributed by atoms with Crippen molar-refractivity contribution in [2.24, 2.45) is 0 Å². The molecule has 0 atom stereocenters. The van der Waals surface area contributed by atoms with Crippen LogP contribution in [0, 0.1) is 5.21 Å². The van der Waals surface area contributed by atoms with Crippen LogP contribution in [0.1, 0.15) is 99.8 Å². The number of carbonyl (C=O) groups is 2. The molecular weight excluding hydrogens is 364 g/mol. The molecule has 1 aliphatic rings. The molecule has 1 aliphatic heterocycles. The number of fused-ring (bicyclic) bond motifs is 1. The van der Waals surface area contributed by atoms with Crippen LogP contribution in [0.2, 0.25) is 0 Å². The zero-order valence-electron chi connectivity index (χ0n) is 18.9. The Morgan fingerprint density at radius 1 is 0.690 bits per heavy atom. The summed E-state index contributed by atoms with van der Waals surface area (Å²) in [5.74, 6) is -1.54. The molecule has 5 heteroatoms. The van der Waals surface area contributed by atoms with Gasteiger partial charge in [-0.3, -0.25) is 9.59 Å². The van der Waals surface area contributed by atoms with Gasteiger partial charge in [0, 0.05) is 0 Å². The number of imide groups is 1. The zero-order valence-corrected chi connectivity index (χ0v) is 18.9. The van der Waals surface area contributed by atoms with Crippen LogP contribution in [0.3, 0.4) is 0 Å². The van der Waals surface area contributed by atoms with Crippen LogP contribution in [0.5, 0.6) is 0 Å². The van der Waals surface area contributed by atoms with Gasteiger partial charge in [0.25, 0.3) is 11.8 Å². The first-order chi connectivity index (χ1) is 14.0. The predicted octanol–water partition coefficient (Wildman–Crippen LogP) is 5.78. The highest BCUT2D eigenvalue weighted by molar-refractivity contribution is 6.21. The second-order valence-corrected chi connectivity index (χ2v) is 8.10. The van der Waals surface area contributed by atoms with Gasteiger partial charge >= 0.3 is 0 Å². The third-order valence-electron chi connectivity index (χ3n) is 5.70. The molecular formula is C24H40N2O3. The fraction of sp³-hybridized carbons (Fsp3) is 0.667. The van der Waals surface area contributed by atoms with Gasteiger partial charge in [-0.05, 0) is 37.8 Å². The molecule has 0 aliphatic carbocycles. The molecule has 0 saturated heterocycles. The van der Waals surface area contributed by atoms with E-state index in [9.17, 15) is 14.8 Å². The summed E-state index contributed by atoms with van der Waals surface area (Å²) < 4.78 is 1.42. The van der Waals surface area contributed by atoms with Gasteiger partial charge in [0.1, 0.15) is 0 Å². The van der Waals surface area contributed by atoms with Crippen LogP contribution in [0.25, 0.3) is 0 Å². The molecule has 0 radical (unpaired) electrons. The molecule has 0 unspecified atom stereocenters. The molecule has 0 saturated carbocycles. The Kier molecular flexibility index (Phi) is 11.8. The molecule has 1 aromatic rings. The number of nitrogens with zero attached hydrogens (tertiary/aromatic N) is 2. The Hall–Kier alpha value is -1.72. The lowest BCUT2D eigenvalue weighted by molar-refractivity contribution is -0.929. The molecule has 29 heavy (non-hydrogen) atoms. The van der Waals surface area contributed by atoms with Crippen LogP contribution >= 0.6 is 0 Å². The van der Waals surface area contributed by atoms with E-state index in [0.29, 0.717) is 0 Å². The molecule has 0 spiro atoms. The number of hydroxylamine groups is 2. The highest BCUT2D eigenvalue weighted by Gasteiger charge is 2.28. The maximum absolute atomic E-state index is 11.0. The van der Waals surface area contributed by atoms with Crippen molar-refractivity contribution in [2.75, 3.05) is 26.2 Å². The SMILES string of the molecule is CCCC[N+](CCCC)(CCCC)CCCC.O=C1c2ccccc2C(=O)N1[O-]. The summed E-state index contributed by atoms with van der Waals surface area (Å²) in [5, 5.41) is 10.7. The Balaban J connectivity index is 0.000000304. The van der Waals surface area contributed by atoms with Crippen molar-refractivity contribution in [1.82, 2.24) is 5.06 Å². The molecule has 0 bridgehead atoms. The van der Waals surface area contributed by atoms with Crippen molar-refractivity contribution in [1.29, 1.82) is 0 Å². The standard InChI is InChI=1S/C16H36N.C8H4NO3/c1-5-9-13-17(14-10-6-2,15-11-7-3)16-12-8-4;10-7-5-3-1-2-4-6(5)8(11)9(7)12/h5-16H2,1-4H3;1-4H/q+1;-1. The first-order valence-corrected chi connectivity index (χ1v) is 11.5. The third-order valence-corrected chi connectivity index (χ3v) is 5.70. The van der Waals surface area contributed by atoms with Gasteiger partial charge in [-0.1, -0.05) is 65.5 Å². The quantitative estimate of drug-likeness (QED) is 0.327. The van der Waals surface area contributed by atoms with E-state index in [4.69, 9.17) is 0 Å². The second kappa shape index (κ2) is 13.5. The van der Waals surface area contributed by atoms with Crippen molar-refractivity contribution in [3.63, 3.8) is 0 Å². The topological polar surface area (TPSA) is 60.4 Å². The van der Waals surface area contributed by atoms with E-state index in [1.807, 2.05) is 0 Å². The summed E-state index contributed by atoms with van der Waals surface area (Å²) in [6, 6.07) is 6.16. The van der Waals surface area contributed by atoms with Gasteiger partial charge < -0.3 is 14.8 Å². The second-order valence-electron chi connectivity index (χ2n) is 8.10. The van der Waals surface area contributed by atoms with E-state index in [0.717, 1.165) is 0 Å². The number of unbranched alkanes of at least 4 members (excludes halogenated alkanes) is 4. The minimum Gasteiger partial charge on any atom is -0.749 e. The molecule has 2 amide bonds. The van der Waals surface area contributed by atoms with Crippen molar-refractivity contribution < 1.29 is 14.1 Å². The average Bonchev–Trinajstić information content (AvgIpc) is 2.97. The number of carbonyl (C=O) groups excluding carboxylic acids is 2. The van der Waals surface area contributed by atoms with Crippen molar-refractivity contribution in [3.05, 3.63) is 40.6 Å². The first kappa shape index (κ1) is 25.3. The summed E-state index contributed by atoms with van der Waals surface area (Å²) in [6.45, 7) is 15.0. The molecule has 1 heterocycles. The van der Waals surface area contributed by atoms with E-state index in [2.05, 4.69) is 27.7 Å². The van der Waals surface area contributed by atoms with E-state index < -0.39 is 11.8 Å². The van der Waals surface area contributed by atoms with Gasteiger partial charge in [0.2, 0.25) is 0 Å². The summed E-state index contributed by atoms with van der Waals surface area (Å²) in [6.07, 6.45) is 11.1. The fourth-order valence-electron chi connectivity index (χ4n) is 3.81. The minimum atomic E-state index is -0.768. The average molecular weight is 405 g/mol. The van der Waals surface area contributed by atoms with E-state index in [1.54, 1.807) is 12.1 Å². The van der Waals surface area contributed by atoms with Crippen LogP contribution in [0.4, 0.5) is 0 Å². The lowest BCUT2D eigenvalue weighted by Crippen LogP contribution is -2.50. The van der Waals surface area contributed by atoms with E-state index in [1.165, 1.54) is 94.2 Å². The van der Waals surface area contributed by atoms with Gasteiger partial charge in [0.15, 0.2) is 0 Å². The predicted molar refractivity (Wildman–Crippen MR) is 120 cm³/mol. The normalized spacial score (nSPS) is 13.3. The lowest BCUT2D eigenvalue weighted by Gasteiger charge is -2.39. The summed E-state index contributed by atoms with van der Waals surface area (Å²) in [5.41, 5.74) is 0.384. The maximum Gasteiger partial charge on any atom is 0.250 e. The van der Waals surface area contributed by atoms with Crippen molar-refractivity contribution >= 4 is 11.8 Å². The molecule has 2 rings (SSSR count). The Labute approximate surface area is 177 Å². The van der Waals surface area contributed by atoms with Gasteiger partial charge in [-0.25, -0.2) is 0 Å². The van der Waals surface area contributed by atoms with Gasteiger partial charge in [-0.2, -0.15) is 0 Å². The number of benzene rings is 1. The summed E-state index contributed by atoms with van der Waals surface area (Å²) >= 11 is 0. The summed E-state index contributed by atoms with van der Waals surface area (Å²) in [7, 11) is 0. The molecule has 0 fully saturated rings. The Morgan fingerprint density at radius 2 is 1.00 bits per heavy atom. The smallest absolute Gasteiger partial charge is 0.250 e. The molecule has 1 aromatic carbocycles. The van der Waals surface area contributed by atoms with E-state index >= 15 is 0 Å². The monoisotopic (exact) mass is 404 g/mol. The first-order valence-electron chi connectivity index (χ1n) is 11.5. The maximum atomic E-state index is 11.0. The highest BCUT2D eigenvalue weighted by Crippen LogP contribution is 2.20. The number of rotatable bonds is 12. The summed E-state index contributed by atoms with van der Waals surface area (Å²) in [4.78, 5) is 22.0. The number of quaternary nitrogens is 1. The number of amides is 2. The van der Waals surface area contributed by atoms with Crippen LogP contribution in [0.15, 0.2) is 24.3 Å². The molecule has 5 nitrogen and oxygen atoms in total. The third kappa shape index (κ3) is 7.56. The largest absolute Gasteiger partial charge is 0.749 e. The fourth-order valence-corrected chi connectivity index (χ4v) is 3.81. The zero-order chi connectivity index (χ0) is 21.7. The van der Waals surface area contributed by atoms with Gasteiger partial charge in [-0.15, -0.1) is 0 Å². The molecule has 0 N–H and O–H groups in total. The molecule has 0 aromatic heterocycles. The van der Waals surface area contributed by atoms with Crippen molar-refractivity contribution in [2.45, 2.75) is 79.1 Å². The lowest BCUT2D eigenvalue weighted by atomic mass is 10.1.